The molecule has 1 heterocycles. The van der Waals surface area contributed by atoms with Crippen LogP contribution in [-0.4, -0.2) is 47.0 Å². The fraction of sp³-hybridized carbons (Fsp3) is 0.889. The summed E-state index contributed by atoms with van der Waals surface area (Å²) in [6.07, 6.45) is 7.49. The molecule has 1 aliphatic heterocycles. The average molecular weight is 321 g/mol. The van der Waals surface area contributed by atoms with Gasteiger partial charge >= 0.3 is 6.03 Å². The second-order valence-corrected chi connectivity index (χ2v) is 8.94. The van der Waals surface area contributed by atoms with Gasteiger partial charge in [0, 0.05) is 6.04 Å². The molecule has 5 nitrogen and oxygen atoms in total. The van der Waals surface area contributed by atoms with Gasteiger partial charge in [0.25, 0.3) is 5.91 Å². The number of hydrogen-bond donors (Lipinski definition) is 1. The summed E-state index contributed by atoms with van der Waals surface area (Å²) in [6.45, 7) is 7.02. The lowest BCUT2D eigenvalue weighted by Gasteiger charge is -2.44. The van der Waals surface area contributed by atoms with Crippen molar-refractivity contribution < 1.29 is 9.59 Å². The van der Waals surface area contributed by atoms with Crippen LogP contribution < -0.4 is 5.32 Å². The topological polar surface area (TPSA) is 52.7 Å². The van der Waals surface area contributed by atoms with Gasteiger partial charge in [0.15, 0.2) is 0 Å². The first kappa shape index (κ1) is 16.7. The van der Waals surface area contributed by atoms with Gasteiger partial charge in [0.05, 0.1) is 6.67 Å². The molecule has 0 radical (unpaired) electrons. The fourth-order valence-electron chi connectivity index (χ4n) is 5.32. The van der Waals surface area contributed by atoms with Gasteiger partial charge in [-0.1, -0.05) is 33.6 Å². The highest BCUT2D eigenvalue weighted by atomic mass is 16.2. The molecule has 2 aliphatic carbocycles. The highest BCUT2D eigenvalue weighted by Gasteiger charge is 2.56. The molecule has 2 atom stereocenters. The molecule has 3 aliphatic rings. The minimum atomic E-state index is -0.672. The molecule has 1 spiro atoms. The lowest BCUT2D eigenvalue weighted by molar-refractivity contribution is -0.136. The van der Waals surface area contributed by atoms with E-state index in [1.807, 2.05) is 7.05 Å². The van der Waals surface area contributed by atoms with Gasteiger partial charge in [-0.2, -0.15) is 0 Å². The normalized spacial score (nSPS) is 34.7. The summed E-state index contributed by atoms with van der Waals surface area (Å²) in [5.74, 6) is 0.447. The maximum absolute atomic E-state index is 13.1. The van der Waals surface area contributed by atoms with Gasteiger partial charge in [-0.05, 0) is 50.5 Å². The summed E-state index contributed by atoms with van der Waals surface area (Å²) in [7, 11) is 2.04. The van der Waals surface area contributed by atoms with Crippen molar-refractivity contribution in [3.8, 4) is 0 Å². The van der Waals surface area contributed by atoms with E-state index in [0.717, 1.165) is 19.3 Å². The molecule has 3 fully saturated rings. The molecule has 0 bridgehead atoms. The number of nitrogens with one attached hydrogen (secondary N) is 1. The molecular weight excluding hydrogens is 290 g/mol. The Kier molecular flexibility index (Phi) is 4.20. The molecule has 2 saturated carbocycles. The monoisotopic (exact) mass is 321 g/mol. The van der Waals surface area contributed by atoms with Gasteiger partial charge in [-0.3, -0.25) is 9.69 Å². The van der Waals surface area contributed by atoms with Crippen LogP contribution in [0, 0.1) is 11.3 Å². The zero-order chi connectivity index (χ0) is 16.8. The molecule has 0 aromatic carbocycles. The van der Waals surface area contributed by atoms with Crippen molar-refractivity contribution in [3.05, 3.63) is 0 Å². The SMILES string of the molecule is C[C@H]1CC(C)(C)C[C@]2(C1)NC(=O)N(CN(C)C1CCCC1)C2=O. The van der Waals surface area contributed by atoms with Crippen molar-refractivity contribution in [3.63, 3.8) is 0 Å². The van der Waals surface area contributed by atoms with Crippen molar-refractivity contribution in [2.24, 2.45) is 11.3 Å². The Hall–Kier alpha value is -1.10. The quantitative estimate of drug-likeness (QED) is 0.813. The van der Waals surface area contributed by atoms with Crippen LogP contribution in [0.25, 0.3) is 0 Å². The number of amides is 3. The first-order valence-corrected chi connectivity index (χ1v) is 9.07. The Balaban J connectivity index is 1.74. The minimum Gasteiger partial charge on any atom is -0.323 e. The Morgan fingerprint density at radius 1 is 1.22 bits per heavy atom. The summed E-state index contributed by atoms with van der Waals surface area (Å²) in [5, 5.41) is 3.06. The van der Waals surface area contributed by atoms with Crippen molar-refractivity contribution in [1.29, 1.82) is 0 Å². The van der Waals surface area contributed by atoms with E-state index in [1.165, 1.54) is 30.6 Å². The zero-order valence-corrected chi connectivity index (χ0v) is 15.0. The summed E-state index contributed by atoms with van der Waals surface area (Å²) < 4.78 is 0. The maximum atomic E-state index is 13.1. The molecular formula is C18H31N3O2. The Labute approximate surface area is 139 Å². The highest BCUT2D eigenvalue weighted by molar-refractivity contribution is 6.07. The lowest BCUT2D eigenvalue weighted by Crippen LogP contribution is -2.54. The molecule has 0 aromatic rings. The van der Waals surface area contributed by atoms with Crippen molar-refractivity contribution >= 4 is 11.9 Å². The zero-order valence-electron chi connectivity index (χ0n) is 15.0. The minimum absolute atomic E-state index is 0.00743. The molecule has 130 valence electrons. The molecule has 0 unspecified atom stereocenters. The second-order valence-electron chi connectivity index (χ2n) is 8.94. The van der Waals surface area contributed by atoms with Crippen molar-refractivity contribution in [1.82, 2.24) is 15.1 Å². The lowest BCUT2D eigenvalue weighted by atomic mass is 9.64. The Bertz CT molecular complexity index is 498. The highest BCUT2D eigenvalue weighted by Crippen LogP contribution is 2.46. The number of rotatable bonds is 3. The van der Waals surface area contributed by atoms with E-state index in [0.29, 0.717) is 18.6 Å². The third-order valence-corrected chi connectivity index (χ3v) is 5.94. The van der Waals surface area contributed by atoms with Crippen LogP contribution in [0.4, 0.5) is 4.79 Å². The fourth-order valence-corrected chi connectivity index (χ4v) is 5.32. The van der Waals surface area contributed by atoms with Crippen LogP contribution in [0.2, 0.25) is 0 Å². The van der Waals surface area contributed by atoms with Crippen LogP contribution in [-0.2, 0) is 4.79 Å². The Morgan fingerprint density at radius 2 is 1.87 bits per heavy atom. The number of carbonyl (C=O) groups is 2. The molecule has 3 rings (SSSR count). The van der Waals surface area contributed by atoms with E-state index in [1.54, 1.807) is 0 Å². The van der Waals surface area contributed by atoms with E-state index in [2.05, 4.69) is 31.0 Å². The largest absolute Gasteiger partial charge is 0.326 e. The van der Waals surface area contributed by atoms with Gasteiger partial charge < -0.3 is 5.32 Å². The molecule has 3 amide bonds. The van der Waals surface area contributed by atoms with Gasteiger partial charge in [0.1, 0.15) is 5.54 Å². The van der Waals surface area contributed by atoms with Gasteiger partial charge in [0.2, 0.25) is 0 Å². The van der Waals surface area contributed by atoms with E-state index >= 15 is 0 Å². The van der Waals surface area contributed by atoms with Gasteiger partial charge in [-0.25, -0.2) is 9.69 Å². The first-order valence-electron chi connectivity index (χ1n) is 9.07. The number of carbonyl (C=O) groups excluding carboxylic acids is 2. The van der Waals surface area contributed by atoms with Crippen LogP contribution in [0.1, 0.15) is 65.7 Å². The summed E-state index contributed by atoms with van der Waals surface area (Å²) in [4.78, 5) is 29.2. The van der Waals surface area contributed by atoms with E-state index in [9.17, 15) is 9.59 Å². The van der Waals surface area contributed by atoms with E-state index in [4.69, 9.17) is 0 Å². The third-order valence-electron chi connectivity index (χ3n) is 5.94. The van der Waals surface area contributed by atoms with Gasteiger partial charge in [-0.15, -0.1) is 0 Å². The van der Waals surface area contributed by atoms with Crippen LogP contribution in [0.5, 0.6) is 0 Å². The average Bonchev–Trinajstić information content (AvgIpc) is 3.00. The Morgan fingerprint density at radius 3 is 2.48 bits per heavy atom. The van der Waals surface area contributed by atoms with E-state index in [-0.39, 0.29) is 17.4 Å². The number of urea groups is 1. The standard InChI is InChI=1S/C18H31N3O2/c1-13-9-17(2,3)11-18(10-13)15(22)21(16(23)19-18)12-20(4)14-7-5-6-8-14/h13-14H,5-12H2,1-4H3,(H,19,23)/t13-,18-/m0/s1. The molecule has 0 aromatic heterocycles. The predicted molar refractivity (Wildman–Crippen MR) is 89.8 cm³/mol. The molecule has 23 heavy (non-hydrogen) atoms. The third kappa shape index (κ3) is 3.12. The van der Waals surface area contributed by atoms with Crippen molar-refractivity contribution in [2.75, 3.05) is 13.7 Å². The molecule has 5 heteroatoms. The molecule has 1 N–H and O–H groups in total. The maximum Gasteiger partial charge on any atom is 0.326 e. The predicted octanol–water partition coefficient (Wildman–Crippen LogP) is 2.96. The van der Waals surface area contributed by atoms with Crippen molar-refractivity contribution in [2.45, 2.75) is 77.3 Å². The first-order chi connectivity index (χ1) is 10.7. The summed E-state index contributed by atoms with van der Waals surface area (Å²) >= 11 is 0. The smallest absolute Gasteiger partial charge is 0.323 e. The van der Waals surface area contributed by atoms with E-state index < -0.39 is 5.54 Å². The summed E-state index contributed by atoms with van der Waals surface area (Å²) in [5.41, 5.74) is -0.581. The molecule has 1 saturated heterocycles. The number of imide groups is 1. The summed E-state index contributed by atoms with van der Waals surface area (Å²) in [6, 6.07) is 0.304. The van der Waals surface area contributed by atoms with Crippen LogP contribution >= 0.6 is 0 Å². The van der Waals surface area contributed by atoms with Crippen LogP contribution in [0.15, 0.2) is 0 Å². The number of hydrogen-bond acceptors (Lipinski definition) is 3. The number of nitrogens with zero attached hydrogens (tertiary/aromatic N) is 2. The van der Waals surface area contributed by atoms with Crippen LogP contribution in [0.3, 0.4) is 0 Å². The second kappa shape index (κ2) is 5.76.